The standard InChI is InChI=1S/C14H19FOS2/c1-3-4-8-18-14(17)16-11(2)9-12-6-5-7-13(15)10-12/h5-7,10-11H,3-4,8-9H2,1-2H3. The lowest BCUT2D eigenvalue weighted by atomic mass is 10.1. The van der Waals surface area contributed by atoms with Crippen LogP contribution in [0.15, 0.2) is 24.3 Å². The number of halogens is 1. The molecular formula is C14H19FOS2. The SMILES string of the molecule is CCCCSC(=S)OC(C)Cc1cccc(F)c1. The van der Waals surface area contributed by atoms with Gasteiger partial charge in [-0.3, -0.25) is 0 Å². The Bertz CT molecular complexity index is 382. The Labute approximate surface area is 118 Å². The van der Waals surface area contributed by atoms with E-state index in [2.05, 4.69) is 6.92 Å². The number of unbranched alkanes of at least 4 members (excludes halogenated alkanes) is 1. The molecule has 1 aromatic rings. The first-order chi connectivity index (χ1) is 8.61. The Morgan fingerprint density at radius 2 is 2.28 bits per heavy atom. The van der Waals surface area contributed by atoms with E-state index in [4.69, 9.17) is 17.0 Å². The van der Waals surface area contributed by atoms with Crippen molar-refractivity contribution in [2.45, 2.75) is 39.2 Å². The smallest absolute Gasteiger partial charge is 0.220 e. The van der Waals surface area contributed by atoms with Gasteiger partial charge in [-0.15, -0.1) is 0 Å². The molecule has 100 valence electrons. The number of ether oxygens (including phenoxy) is 1. The minimum atomic E-state index is -0.209. The Morgan fingerprint density at radius 1 is 1.50 bits per heavy atom. The maximum absolute atomic E-state index is 13.0. The van der Waals surface area contributed by atoms with Crippen LogP contribution < -0.4 is 0 Å². The molecule has 0 spiro atoms. The number of thioether (sulfide) groups is 1. The summed E-state index contributed by atoms with van der Waals surface area (Å²) < 4.78 is 19.2. The van der Waals surface area contributed by atoms with E-state index < -0.39 is 0 Å². The average Bonchev–Trinajstić information content (AvgIpc) is 2.29. The van der Waals surface area contributed by atoms with Crippen molar-refractivity contribution in [3.05, 3.63) is 35.6 Å². The fourth-order valence-corrected chi connectivity index (χ4v) is 2.78. The molecule has 0 radical (unpaired) electrons. The zero-order chi connectivity index (χ0) is 13.4. The van der Waals surface area contributed by atoms with Crippen molar-refractivity contribution in [3.8, 4) is 0 Å². The summed E-state index contributed by atoms with van der Waals surface area (Å²) in [6.07, 6.45) is 2.96. The van der Waals surface area contributed by atoms with Crippen LogP contribution in [-0.4, -0.2) is 16.2 Å². The van der Waals surface area contributed by atoms with Crippen LogP contribution in [0, 0.1) is 5.82 Å². The fourth-order valence-electron chi connectivity index (χ4n) is 1.54. The number of hydrogen-bond donors (Lipinski definition) is 0. The van der Waals surface area contributed by atoms with Crippen LogP contribution in [0.5, 0.6) is 0 Å². The van der Waals surface area contributed by atoms with Crippen molar-refractivity contribution >= 4 is 28.4 Å². The van der Waals surface area contributed by atoms with Crippen LogP contribution in [0.2, 0.25) is 0 Å². The highest BCUT2D eigenvalue weighted by Gasteiger charge is 2.08. The lowest BCUT2D eigenvalue weighted by molar-refractivity contribution is 0.222. The average molecular weight is 286 g/mol. The van der Waals surface area contributed by atoms with E-state index in [0.717, 1.165) is 24.2 Å². The third-order valence-electron chi connectivity index (χ3n) is 2.43. The van der Waals surface area contributed by atoms with E-state index in [-0.39, 0.29) is 11.9 Å². The van der Waals surface area contributed by atoms with Gasteiger partial charge in [0.15, 0.2) is 0 Å². The van der Waals surface area contributed by atoms with E-state index in [1.165, 1.54) is 12.1 Å². The number of rotatable bonds is 6. The van der Waals surface area contributed by atoms with Crippen LogP contribution in [0.3, 0.4) is 0 Å². The van der Waals surface area contributed by atoms with Gasteiger partial charge in [0.05, 0.1) is 0 Å². The van der Waals surface area contributed by atoms with Gasteiger partial charge in [-0.1, -0.05) is 37.2 Å². The van der Waals surface area contributed by atoms with Crippen LogP contribution in [-0.2, 0) is 11.2 Å². The van der Waals surface area contributed by atoms with Crippen molar-refractivity contribution < 1.29 is 9.13 Å². The van der Waals surface area contributed by atoms with E-state index in [0.29, 0.717) is 10.8 Å². The van der Waals surface area contributed by atoms with Crippen molar-refractivity contribution in [1.29, 1.82) is 0 Å². The van der Waals surface area contributed by atoms with E-state index in [1.54, 1.807) is 17.8 Å². The Balaban J connectivity index is 2.32. The van der Waals surface area contributed by atoms with E-state index in [1.807, 2.05) is 13.0 Å². The molecule has 1 nitrogen and oxygen atoms in total. The highest BCUT2D eigenvalue weighted by molar-refractivity contribution is 8.22. The molecule has 0 N–H and O–H groups in total. The summed E-state index contributed by atoms with van der Waals surface area (Å²) in [5, 5.41) is 0. The predicted octanol–water partition coefficient (Wildman–Crippen LogP) is 4.59. The van der Waals surface area contributed by atoms with Gasteiger partial charge in [0.1, 0.15) is 11.9 Å². The first kappa shape index (κ1) is 15.4. The minimum Gasteiger partial charge on any atom is -0.475 e. The van der Waals surface area contributed by atoms with Gasteiger partial charge in [-0.2, -0.15) is 0 Å². The van der Waals surface area contributed by atoms with Gasteiger partial charge < -0.3 is 4.74 Å². The summed E-state index contributed by atoms with van der Waals surface area (Å²) in [6, 6.07) is 6.59. The lowest BCUT2D eigenvalue weighted by Gasteiger charge is -2.14. The molecule has 0 aliphatic carbocycles. The van der Waals surface area contributed by atoms with Gasteiger partial charge in [-0.25, -0.2) is 4.39 Å². The molecule has 1 atom stereocenters. The van der Waals surface area contributed by atoms with Crippen molar-refractivity contribution in [2.75, 3.05) is 5.75 Å². The fraction of sp³-hybridized carbons (Fsp3) is 0.500. The number of hydrogen-bond acceptors (Lipinski definition) is 3. The molecule has 4 heteroatoms. The molecule has 0 saturated heterocycles. The third kappa shape index (κ3) is 6.36. The molecule has 1 unspecified atom stereocenters. The second-order valence-corrected chi connectivity index (χ2v) is 5.91. The molecule has 0 bridgehead atoms. The Hall–Kier alpha value is -0.610. The van der Waals surface area contributed by atoms with Gasteiger partial charge in [0.25, 0.3) is 0 Å². The second kappa shape index (κ2) is 8.48. The lowest BCUT2D eigenvalue weighted by Crippen LogP contribution is -2.14. The summed E-state index contributed by atoms with van der Waals surface area (Å²) >= 11 is 6.73. The number of benzene rings is 1. The third-order valence-corrected chi connectivity index (χ3v) is 3.70. The first-order valence-electron chi connectivity index (χ1n) is 6.19. The Morgan fingerprint density at radius 3 is 2.94 bits per heavy atom. The van der Waals surface area contributed by atoms with Crippen molar-refractivity contribution in [2.24, 2.45) is 0 Å². The normalized spacial score (nSPS) is 12.2. The van der Waals surface area contributed by atoms with Crippen molar-refractivity contribution in [1.82, 2.24) is 0 Å². The molecule has 1 aromatic carbocycles. The maximum atomic E-state index is 13.0. The molecule has 0 fully saturated rings. The highest BCUT2D eigenvalue weighted by Crippen LogP contribution is 2.14. The van der Waals surface area contributed by atoms with Crippen molar-refractivity contribution in [3.63, 3.8) is 0 Å². The van der Waals surface area contributed by atoms with Gasteiger partial charge in [-0.05, 0) is 43.3 Å². The summed E-state index contributed by atoms with van der Waals surface area (Å²) in [5.74, 6) is 0.793. The predicted molar refractivity (Wildman–Crippen MR) is 80.6 cm³/mol. The van der Waals surface area contributed by atoms with Crippen LogP contribution in [0.4, 0.5) is 4.39 Å². The monoisotopic (exact) mass is 286 g/mol. The molecular weight excluding hydrogens is 267 g/mol. The molecule has 0 amide bonds. The molecule has 1 rings (SSSR count). The van der Waals surface area contributed by atoms with E-state index in [9.17, 15) is 4.39 Å². The van der Waals surface area contributed by atoms with Crippen LogP contribution in [0.25, 0.3) is 0 Å². The zero-order valence-electron chi connectivity index (χ0n) is 10.8. The summed E-state index contributed by atoms with van der Waals surface area (Å²) in [4.78, 5) is 0. The molecule has 0 saturated carbocycles. The van der Waals surface area contributed by atoms with Gasteiger partial charge in [0.2, 0.25) is 4.38 Å². The van der Waals surface area contributed by atoms with Crippen LogP contribution in [0.1, 0.15) is 32.3 Å². The number of thiocarbonyl (C=S) groups is 1. The largest absolute Gasteiger partial charge is 0.475 e. The molecule has 0 aliphatic rings. The minimum absolute atomic E-state index is 0.0200. The second-order valence-electron chi connectivity index (χ2n) is 4.21. The van der Waals surface area contributed by atoms with E-state index >= 15 is 0 Å². The summed E-state index contributed by atoms with van der Waals surface area (Å²) in [6.45, 7) is 4.11. The zero-order valence-corrected chi connectivity index (χ0v) is 12.5. The summed E-state index contributed by atoms with van der Waals surface area (Å²) in [5.41, 5.74) is 0.934. The quantitative estimate of drug-likeness (QED) is 0.559. The summed E-state index contributed by atoms with van der Waals surface area (Å²) in [7, 11) is 0. The Kier molecular flexibility index (Phi) is 7.28. The van der Waals surface area contributed by atoms with Gasteiger partial charge in [0, 0.05) is 12.2 Å². The first-order valence-corrected chi connectivity index (χ1v) is 7.59. The van der Waals surface area contributed by atoms with Gasteiger partial charge >= 0.3 is 0 Å². The maximum Gasteiger partial charge on any atom is 0.220 e. The highest BCUT2D eigenvalue weighted by atomic mass is 32.2. The van der Waals surface area contributed by atoms with Crippen LogP contribution >= 0.6 is 24.0 Å². The molecule has 0 heterocycles. The topological polar surface area (TPSA) is 9.23 Å². The molecule has 0 aromatic heterocycles. The molecule has 18 heavy (non-hydrogen) atoms. The molecule has 0 aliphatic heterocycles.